The Labute approximate surface area is 56.1 Å². The third-order valence-electron chi connectivity index (χ3n) is 0.314. The van der Waals surface area contributed by atoms with Crippen molar-refractivity contribution in [2.45, 2.75) is 0 Å². The van der Waals surface area contributed by atoms with Crippen molar-refractivity contribution >= 4 is 22.4 Å². The summed E-state index contributed by atoms with van der Waals surface area (Å²) in [6.45, 7) is 0. The standard InChI is InChI=1S/C2H5NOSi.C2H3NO/c4-1-3-2-5;1-3-2-4/h2H2,5H3;1H3. The molecule has 0 aliphatic rings. The molecular weight excluding hydrogens is 136 g/mol. The highest BCUT2D eigenvalue weighted by molar-refractivity contribution is 6.09. The van der Waals surface area contributed by atoms with Crippen molar-refractivity contribution in [2.75, 3.05) is 13.2 Å². The zero-order valence-electron chi connectivity index (χ0n) is 5.42. The molecule has 0 aromatic rings. The van der Waals surface area contributed by atoms with E-state index in [4.69, 9.17) is 9.59 Å². The molecule has 0 radical (unpaired) electrons. The summed E-state index contributed by atoms with van der Waals surface area (Å²) < 4.78 is 0. The van der Waals surface area contributed by atoms with E-state index in [-0.39, 0.29) is 0 Å². The molecule has 5 heteroatoms. The van der Waals surface area contributed by atoms with Crippen LogP contribution in [0.2, 0.25) is 0 Å². The lowest BCUT2D eigenvalue weighted by molar-refractivity contribution is 0.563. The van der Waals surface area contributed by atoms with Gasteiger partial charge in [0.25, 0.3) is 0 Å². The van der Waals surface area contributed by atoms with Gasteiger partial charge in [-0.05, 0) is 0 Å². The molecule has 0 N–H and O–H groups in total. The number of carbonyl (C=O) groups excluding carboxylic acids is 2. The van der Waals surface area contributed by atoms with E-state index in [0.29, 0.717) is 6.17 Å². The third-order valence-corrected chi connectivity index (χ3v) is 0.630. The fraction of sp³-hybridized carbons (Fsp3) is 0.500. The van der Waals surface area contributed by atoms with Gasteiger partial charge in [0.2, 0.25) is 12.2 Å². The van der Waals surface area contributed by atoms with Crippen LogP contribution in [0.4, 0.5) is 0 Å². The lowest BCUT2D eigenvalue weighted by atomic mass is 11.4. The smallest absolute Gasteiger partial charge is 0.211 e. The van der Waals surface area contributed by atoms with Crippen molar-refractivity contribution in [2.24, 2.45) is 9.98 Å². The Bertz CT molecular complexity index is 136. The van der Waals surface area contributed by atoms with Crippen LogP contribution >= 0.6 is 0 Å². The SMILES string of the molecule is CN=C=O.O=C=NC[SiH3]. The summed E-state index contributed by atoms with van der Waals surface area (Å²) in [6.07, 6.45) is 3.42. The van der Waals surface area contributed by atoms with Crippen LogP contribution in [0.5, 0.6) is 0 Å². The number of isocyanates is 2. The molecule has 0 saturated carbocycles. The Morgan fingerprint density at radius 1 is 1.44 bits per heavy atom. The van der Waals surface area contributed by atoms with Crippen molar-refractivity contribution in [1.29, 1.82) is 0 Å². The van der Waals surface area contributed by atoms with Gasteiger partial charge in [0.05, 0.1) is 0 Å². The minimum absolute atomic E-state index is 0.684. The van der Waals surface area contributed by atoms with Gasteiger partial charge in [-0.3, -0.25) is 0 Å². The zero-order valence-corrected chi connectivity index (χ0v) is 7.42. The van der Waals surface area contributed by atoms with Gasteiger partial charge in [-0.15, -0.1) is 0 Å². The second-order valence-corrected chi connectivity index (χ2v) is 1.51. The molecule has 0 unspecified atom stereocenters. The average molecular weight is 144 g/mol. The molecule has 0 amide bonds. The molecule has 0 aromatic carbocycles. The Hall–Kier alpha value is -1.02. The third kappa shape index (κ3) is 44.2. The maximum atomic E-state index is 9.14. The number of rotatable bonds is 1. The van der Waals surface area contributed by atoms with Gasteiger partial charge in [0.1, 0.15) is 0 Å². The van der Waals surface area contributed by atoms with Crippen molar-refractivity contribution < 1.29 is 9.59 Å². The quantitative estimate of drug-likeness (QED) is 0.258. The van der Waals surface area contributed by atoms with Crippen molar-refractivity contribution in [3.8, 4) is 0 Å². The van der Waals surface area contributed by atoms with Gasteiger partial charge in [0.15, 0.2) is 0 Å². The van der Waals surface area contributed by atoms with E-state index >= 15 is 0 Å². The molecule has 50 valence electrons. The lowest BCUT2D eigenvalue weighted by Crippen LogP contribution is -1.68. The van der Waals surface area contributed by atoms with Crippen LogP contribution in [0.15, 0.2) is 9.98 Å². The van der Waals surface area contributed by atoms with Gasteiger partial charge in [0, 0.05) is 23.5 Å². The van der Waals surface area contributed by atoms with Gasteiger partial charge in [-0.1, -0.05) is 0 Å². The van der Waals surface area contributed by atoms with Gasteiger partial charge in [-0.2, -0.15) is 0 Å². The molecule has 0 atom stereocenters. The van der Waals surface area contributed by atoms with Crippen LogP contribution in [0.25, 0.3) is 0 Å². The second kappa shape index (κ2) is 15.8. The first kappa shape index (κ1) is 10.9. The monoisotopic (exact) mass is 144 g/mol. The van der Waals surface area contributed by atoms with Crippen LogP contribution in [-0.4, -0.2) is 35.6 Å². The Morgan fingerprint density at radius 2 is 1.89 bits per heavy atom. The molecule has 0 bridgehead atoms. The Balaban J connectivity index is 0. The molecule has 0 spiro atoms. The lowest BCUT2D eigenvalue weighted by Gasteiger charge is -1.57. The maximum absolute atomic E-state index is 9.14. The first-order valence-electron chi connectivity index (χ1n) is 2.33. The highest BCUT2D eigenvalue weighted by Crippen LogP contribution is 1.45. The molecular formula is C4H8N2O2Si. The van der Waals surface area contributed by atoms with Crippen LogP contribution in [-0.2, 0) is 9.59 Å². The molecule has 0 saturated heterocycles. The van der Waals surface area contributed by atoms with Crippen LogP contribution in [0, 0.1) is 0 Å². The normalized spacial score (nSPS) is 5.44. The van der Waals surface area contributed by atoms with Gasteiger partial charge >= 0.3 is 0 Å². The molecule has 9 heavy (non-hydrogen) atoms. The summed E-state index contributed by atoms with van der Waals surface area (Å²) in [5.41, 5.74) is 0. The second-order valence-electron chi connectivity index (χ2n) is 0.881. The topological polar surface area (TPSA) is 58.9 Å². The molecule has 0 fully saturated rings. The van der Waals surface area contributed by atoms with Gasteiger partial charge in [-0.25, -0.2) is 19.6 Å². The molecule has 0 rings (SSSR count). The van der Waals surface area contributed by atoms with E-state index < -0.39 is 0 Å². The summed E-state index contributed by atoms with van der Waals surface area (Å²) in [6, 6.07) is 0. The van der Waals surface area contributed by atoms with E-state index in [9.17, 15) is 0 Å². The number of aliphatic imine (C=N–C) groups is 2. The molecule has 0 aliphatic heterocycles. The molecule has 0 heterocycles. The molecule has 0 aromatic heterocycles. The average Bonchev–Trinajstić information content (AvgIpc) is 1.91. The highest BCUT2D eigenvalue weighted by atomic mass is 28.1. The maximum Gasteiger partial charge on any atom is 0.234 e. The van der Waals surface area contributed by atoms with Crippen LogP contribution in [0.3, 0.4) is 0 Å². The van der Waals surface area contributed by atoms with Gasteiger partial charge < -0.3 is 0 Å². The first-order valence-corrected chi connectivity index (χ1v) is 3.74. The number of nitrogens with zero attached hydrogens (tertiary/aromatic N) is 2. The van der Waals surface area contributed by atoms with Crippen LogP contribution in [0.1, 0.15) is 0 Å². The summed E-state index contributed by atoms with van der Waals surface area (Å²) in [5, 5.41) is 0. The summed E-state index contributed by atoms with van der Waals surface area (Å²) in [7, 11) is 2.35. The summed E-state index contributed by atoms with van der Waals surface area (Å²) in [4.78, 5) is 24.2. The van der Waals surface area contributed by atoms with E-state index in [1.165, 1.54) is 19.2 Å². The number of hydrogen-bond acceptors (Lipinski definition) is 4. The molecule has 4 nitrogen and oxygen atoms in total. The predicted molar refractivity (Wildman–Crippen MR) is 37.0 cm³/mol. The van der Waals surface area contributed by atoms with Crippen molar-refractivity contribution in [3.63, 3.8) is 0 Å². The van der Waals surface area contributed by atoms with E-state index in [1.54, 1.807) is 0 Å². The Morgan fingerprint density at radius 3 is 1.89 bits per heavy atom. The van der Waals surface area contributed by atoms with Crippen molar-refractivity contribution in [1.82, 2.24) is 0 Å². The summed E-state index contributed by atoms with van der Waals surface area (Å²) >= 11 is 0. The zero-order chi connectivity index (χ0) is 7.54. The fourth-order valence-corrected chi connectivity index (χ4v) is 0.194. The minimum atomic E-state index is 0.684. The molecule has 0 aliphatic carbocycles. The summed E-state index contributed by atoms with van der Waals surface area (Å²) in [5.74, 6) is 0. The number of hydrogen-bond donors (Lipinski definition) is 0. The predicted octanol–water partition coefficient (Wildman–Crippen LogP) is -1.40. The minimum Gasteiger partial charge on any atom is -0.211 e. The van der Waals surface area contributed by atoms with E-state index in [2.05, 4.69) is 9.98 Å². The van der Waals surface area contributed by atoms with Crippen molar-refractivity contribution in [3.05, 3.63) is 0 Å². The first-order chi connectivity index (χ1) is 4.33. The van der Waals surface area contributed by atoms with Crippen LogP contribution < -0.4 is 0 Å². The van der Waals surface area contributed by atoms with E-state index in [1.807, 2.05) is 0 Å². The highest BCUT2D eigenvalue weighted by Gasteiger charge is 1.52. The Kier molecular flexibility index (Phi) is 19.0. The van der Waals surface area contributed by atoms with E-state index in [0.717, 1.165) is 10.2 Å². The largest absolute Gasteiger partial charge is 0.234 e. The fourth-order valence-electron chi connectivity index (χ4n) is 0.0645.